The van der Waals surface area contributed by atoms with Crippen LogP contribution in [0.2, 0.25) is 0 Å². The summed E-state index contributed by atoms with van der Waals surface area (Å²) in [4.78, 5) is 13.2. The third-order valence-corrected chi connectivity index (χ3v) is 2.81. The zero-order chi connectivity index (χ0) is 15.1. The molecule has 1 aromatic carbocycles. The summed E-state index contributed by atoms with van der Waals surface area (Å²) >= 11 is 0. The Bertz CT molecular complexity index is 572. The Morgan fingerprint density at radius 3 is 2.57 bits per heavy atom. The van der Waals surface area contributed by atoms with Crippen LogP contribution in [0.15, 0.2) is 42.5 Å². The van der Waals surface area contributed by atoms with Crippen molar-refractivity contribution < 1.29 is 9.53 Å². The molecule has 0 unspecified atom stereocenters. The minimum absolute atomic E-state index is 0.317. The topological polar surface area (TPSA) is 67.3 Å². The summed E-state index contributed by atoms with van der Waals surface area (Å²) in [6, 6.07) is 13.6. The summed E-state index contributed by atoms with van der Waals surface area (Å²) in [6.45, 7) is 2.80. The lowest BCUT2D eigenvalue weighted by molar-refractivity contribution is 0.168. The van der Waals surface area contributed by atoms with Gasteiger partial charge in [0, 0.05) is 13.6 Å². The molecule has 0 aliphatic heterocycles. The van der Waals surface area contributed by atoms with E-state index in [1.54, 1.807) is 19.1 Å². The average Bonchev–Trinajstić information content (AvgIpc) is 2.49. The number of benzene rings is 1. The van der Waals surface area contributed by atoms with E-state index in [-0.39, 0.29) is 0 Å². The van der Waals surface area contributed by atoms with Crippen molar-refractivity contribution in [2.45, 2.75) is 13.5 Å². The second-order valence-corrected chi connectivity index (χ2v) is 4.46. The number of carbonyl (C=O) groups excluding carboxylic acids is 1. The zero-order valence-electron chi connectivity index (χ0n) is 12.1. The van der Waals surface area contributed by atoms with Gasteiger partial charge in [-0.1, -0.05) is 30.3 Å². The molecule has 0 spiro atoms. The van der Waals surface area contributed by atoms with Gasteiger partial charge in [0.25, 0.3) is 0 Å². The lowest BCUT2D eigenvalue weighted by Gasteiger charge is -2.17. The first-order valence-electron chi connectivity index (χ1n) is 6.71. The van der Waals surface area contributed by atoms with Gasteiger partial charge < -0.3 is 9.64 Å². The molecule has 1 heterocycles. The molecule has 0 saturated heterocycles. The SMILES string of the molecule is CCOC(=O)Nc1ccc(N(C)Cc2ccccc2)nn1. The second kappa shape index (κ2) is 7.23. The monoisotopic (exact) mass is 286 g/mol. The third kappa shape index (κ3) is 4.45. The fraction of sp³-hybridized carbons (Fsp3) is 0.267. The molecule has 0 bridgehead atoms. The summed E-state index contributed by atoms with van der Waals surface area (Å²) in [5.74, 6) is 1.10. The Morgan fingerprint density at radius 1 is 1.19 bits per heavy atom. The first-order chi connectivity index (χ1) is 10.2. The summed E-state index contributed by atoms with van der Waals surface area (Å²) in [6.07, 6.45) is -0.530. The Labute approximate surface area is 123 Å². The molecule has 6 heteroatoms. The van der Waals surface area contributed by atoms with Gasteiger partial charge in [-0.3, -0.25) is 5.32 Å². The van der Waals surface area contributed by atoms with E-state index >= 15 is 0 Å². The van der Waals surface area contributed by atoms with E-state index in [0.29, 0.717) is 12.4 Å². The number of nitrogens with one attached hydrogen (secondary N) is 1. The Kier molecular flexibility index (Phi) is 5.09. The normalized spacial score (nSPS) is 10.0. The Balaban J connectivity index is 1.96. The van der Waals surface area contributed by atoms with E-state index < -0.39 is 6.09 Å². The van der Waals surface area contributed by atoms with Crippen molar-refractivity contribution in [3.8, 4) is 0 Å². The number of carbonyl (C=O) groups is 1. The predicted molar refractivity (Wildman–Crippen MR) is 81.2 cm³/mol. The molecule has 6 nitrogen and oxygen atoms in total. The molecule has 1 amide bonds. The first-order valence-corrected chi connectivity index (χ1v) is 6.71. The number of hydrogen-bond acceptors (Lipinski definition) is 5. The molecule has 21 heavy (non-hydrogen) atoms. The van der Waals surface area contributed by atoms with E-state index in [4.69, 9.17) is 4.74 Å². The maximum Gasteiger partial charge on any atom is 0.412 e. The van der Waals surface area contributed by atoms with Crippen LogP contribution in [0.25, 0.3) is 0 Å². The Morgan fingerprint density at radius 2 is 1.95 bits per heavy atom. The van der Waals surface area contributed by atoms with E-state index in [1.165, 1.54) is 5.56 Å². The van der Waals surface area contributed by atoms with Crippen LogP contribution in [0.3, 0.4) is 0 Å². The quantitative estimate of drug-likeness (QED) is 0.915. The molecule has 2 aromatic rings. The summed E-state index contributed by atoms with van der Waals surface area (Å²) in [5.41, 5.74) is 1.19. The highest BCUT2D eigenvalue weighted by molar-refractivity contribution is 5.83. The van der Waals surface area contributed by atoms with Gasteiger partial charge in [-0.25, -0.2) is 4.79 Å². The molecule has 0 aliphatic rings. The smallest absolute Gasteiger partial charge is 0.412 e. The highest BCUT2D eigenvalue weighted by Gasteiger charge is 2.07. The van der Waals surface area contributed by atoms with Crippen molar-refractivity contribution in [1.82, 2.24) is 10.2 Å². The van der Waals surface area contributed by atoms with Gasteiger partial charge in [0.05, 0.1) is 6.61 Å². The van der Waals surface area contributed by atoms with E-state index in [0.717, 1.165) is 12.4 Å². The van der Waals surface area contributed by atoms with Gasteiger partial charge in [-0.2, -0.15) is 0 Å². The molecule has 0 aliphatic carbocycles. The van der Waals surface area contributed by atoms with Crippen LogP contribution in [0.4, 0.5) is 16.4 Å². The lowest BCUT2D eigenvalue weighted by atomic mass is 10.2. The Hall–Kier alpha value is -2.63. The van der Waals surface area contributed by atoms with Crippen LogP contribution < -0.4 is 10.2 Å². The van der Waals surface area contributed by atoms with Crippen LogP contribution >= 0.6 is 0 Å². The molecule has 0 atom stereocenters. The molecular weight excluding hydrogens is 268 g/mol. The average molecular weight is 286 g/mol. The van der Waals surface area contributed by atoms with Gasteiger partial charge >= 0.3 is 6.09 Å². The molecule has 1 N–H and O–H groups in total. The lowest BCUT2D eigenvalue weighted by Crippen LogP contribution is -2.19. The first kappa shape index (κ1) is 14.8. The van der Waals surface area contributed by atoms with Gasteiger partial charge in [-0.15, -0.1) is 10.2 Å². The largest absolute Gasteiger partial charge is 0.450 e. The summed E-state index contributed by atoms with van der Waals surface area (Å²) < 4.78 is 4.77. The van der Waals surface area contributed by atoms with Crippen molar-refractivity contribution in [3.63, 3.8) is 0 Å². The molecule has 2 rings (SSSR count). The number of aromatic nitrogens is 2. The predicted octanol–water partition coefficient (Wildman–Crippen LogP) is 2.68. The number of anilines is 2. The van der Waals surface area contributed by atoms with E-state index in [1.807, 2.05) is 30.1 Å². The fourth-order valence-corrected chi connectivity index (χ4v) is 1.81. The van der Waals surface area contributed by atoms with Crippen LogP contribution in [-0.2, 0) is 11.3 Å². The highest BCUT2D eigenvalue weighted by Crippen LogP contribution is 2.13. The molecule has 1 aromatic heterocycles. The maximum absolute atomic E-state index is 11.3. The van der Waals surface area contributed by atoms with Crippen LogP contribution in [-0.4, -0.2) is 29.9 Å². The number of amides is 1. The van der Waals surface area contributed by atoms with Crippen LogP contribution in [0.5, 0.6) is 0 Å². The number of rotatable bonds is 5. The minimum atomic E-state index is -0.530. The molecule has 0 saturated carbocycles. The number of ether oxygens (including phenoxy) is 1. The van der Waals surface area contributed by atoms with Crippen molar-refractivity contribution in [2.24, 2.45) is 0 Å². The van der Waals surface area contributed by atoms with Gasteiger partial charge in [0.15, 0.2) is 11.6 Å². The number of nitrogens with zero attached hydrogens (tertiary/aromatic N) is 3. The van der Waals surface area contributed by atoms with Crippen LogP contribution in [0, 0.1) is 0 Å². The van der Waals surface area contributed by atoms with E-state index in [9.17, 15) is 4.79 Å². The number of hydrogen-bond donors (Lipinski definition) is 1. The van der Waals surface area contributed by atoms with Gasteiger partial charge in [0.1, 0.15) is 0 Å². The second-order valence-electron chi connectivity index (χ2n) is 4.46. The van der Waals surface area contributed by atoms with Crippen molar-refractivity contribution >= 4 is 17.7 Å². The standard InChI is InChI=1S/C15H18N4O2/c1-3-21-15(20)16-13-9-10-14(18-17-13)19(2)11-12-7-5-4-6-8-12/h4-10H,3,11H2,1-2H3,(H,16,17,20). The van der Waals surface area contributed by atoms with Crippen molar-refractivity contribution in [1.29, 1.82) is 0 Å². The summed E-state index contributed by atoms with van der Waals surface area (Å²) in [7, 11) is 1.94. The summed E-state index contributed by atoms with van der Waals surface area (Å²) in [5, 5.41) is 10.6. The van der Waals surface area contributed by atoms with Gasteiger partial charge in [-0.05, 0) is 24.6 Å². The minimum Gasteiger partial charge on any atom is -0.450 e. The third-order valence-electron chi connectivity index (χ3n) is 2.81. The van der Waals surface area contributed by atoms with Crippen LogP contribution in [0.1, 0.15) is 12.5 Å². The van der Waals surface area contributed by atoms with Gasteiger partial charge in [0.2, 0.25) is 0 Å². The molecule has 0 fully saturated rings. The maximum atomic E-state index is 11.3. The van der Waals surface area contributed by atoms with Crippen molar-refractivity contribution in [2.75, 3.05) is 23.9 Å². The molecule has 110 valence electrons. The molecular formula is C15H18N4O2. The van der Waals surface area contributed by atoms with E-state index in [2.05, 4.69) is 27.6 Å². The van der Waals surface area contributed by atoms with Crippen molar-refractivity contribution in [3.05, 3.63) is 48.0 Å². The molecule has 0 radical (unpaired) electrons. The highest BCUT2D eigenvalue weighted by atomic mass is 16.5. The fourth-order valence-electron chi connectivity index (χ4n) is 1.81. The zero-order valence-corrected chi connectivity index (χ0v) is 12.1.